The van der Waals surface area contributed by atoms with Gasteiger partial charge in [0, 0.05) is 43.1 Å². The Hall–Kier alpha value is -9.88. The average Bonchev–Trinajstić information content (AvgIpc) is 4.17. The molecule has 0 aliphatic heterocycles. The Balaban J connectivity index is 0.951. The first-order chi connectivity index (χ1) is 34.6. The molecule has 0 spiro atoms. The number of nitriles is 2. The van der Waals surface area contributed by atoms with Crippen molar-refractivity contribution in [3.05, 3.63) is 217 Å². The Morgan fingerprint density at radius 3 is 1.10 bits per heavy atom. The first-order valence-corrected chi connectivity index (χ1v) is 23.3. The van der Waals surface area contributed by atoms with E-state index in [1.54, 1.807) is 0 Å². The van der Waals surface area contributed by atoms with Crippen molar-refractivity contribution in [3.63, 3.8) is 0 Å². The fourth-order valence-corrected chi connectivity index (χ4v) is 11.4. The Morgan fingerprint density at radius 2 is 0.657 bits per heavy atom. The highest BCUT2D eigenvalue weighted by Gasteiger charge is 2.24. The molecule has 0 radical (unpaired) electrons. The molecule has 0 unspecified atom stereocenters. The predicted molar refractivity (Wildman–Crippen MR) is 285 cm³/mol. The van der Waals surface area contributed by atoms with Crippen LogP contribution >= 0.6 is 0 Å². The predicted octanol–water partition coefficient (Wildman–Crippen LogP) is 17.1. The summed E-state index contributed by atoms with van der Waals surface area (Å²) in [6.45, 7) is 0. The van der Waals surface area contributed by atoms with E-state index in [1.165, 1.54) is 0 Å². The van der Waals surface area contributed by atoms with Crippen LogP contribution in [-0.4, -0.2) is 9.13 Å². The Labute approximate surface area is 398 Å². The molecule has 0 N–H and O–H groups in total. The number of furan rings is 2. The standard InChI is InChI=1S/C64H34N4O2/c65-35-43-34-58(68-54-24-20-40(32-52(54)64-46-12-4-2-10-38(46)18-26-56(64)68)42-22-28-62-50(30-42)48-14-6-8-16-60(48)70-62)44(36-66)33-57(43)67-53-23-19-39(31-51(53)63-45-11-3-1-9-37(45)17-25-55(63)67)41-21-27-61-49(29-41)47-13-5-7-15-59(47)69-61/h1-34H. The van der Waals surface area contributed by atoms with Crippen molar-refractivity contribution in [2.75, 3.05) is 0 Å². The first kappa shape index (κ1) is 38.2. The number of para-hydroxylation sites is 2. The lowest BCUT2D eigenvalue weighted by atomic mass is 9.99. The fourth-order valence-electron chi connectivity index (χ4n) is 11.4. The third-order valence-electron chi connectivity index (χ3n) is 14.6. The molecule has 4 aromatic heterocycles. The monoisotopic (exact) mass is 890 g/mol. The summed E-state index contributed by atoms with van der Waals surface area (Å²) in [4.78, 5) is 0. The van der Waals surface area contributed by atoms with Crippen LogP contribution in [0.1, 0.15) is 11.1 Å². The van der Waals surface area contributed by atoms with Crippen LogP contribution in [-0.2, 0) is 0 Å². The summed E-state index contributed by atoms with van der Waals surface area (Å²) in [5.41, 5.74) is 13.7. The second-order valence-electron chi connectivity index (χ2n) is 18.2. The van der Waals surface area contributed by atoms with E-state index in [4.69, 9.17) is 8.83 Å². The van der Waals surface area contributed by atoms with E-state index >= 15 is 0 Å². The number of nitrogens with zero attached hydrogens (tertiary/aromatic N) is 4. The summed E-state index contributed by atoms with van der Waals surface area (Å²) < 4.78 is 16.7. The number of aromatic nitrogens is 2. The first-order valence-electron chi connectivity index (χ1n) is 23.3. The minimum Gasteiger partial charge on any atom is -0.456 e. The molecule has 0 fully saturated rings. The van der Waals surface area contributed by atoms with E-state index in [9.17, 15) is 10.5 Å². The van der Waals surface area contributed by atoms with E-state index in [1.807, 2.05) is 48.5 Å². The lowest BCUT2D eigenvalue weighted by Gasteiger charge is -2.16. The highest BCUT2D eigenvalue weighted by molar-refractivity contribution is 6.24. The van der Waals surface area contributed by atoms with E-state index < -0.39 is 0 Å². The van der Waals surface area contributed by atoms with E-state index in [2.05, 4.69) is 179 Å². The molecule has 0 saturated heterocycles. The van der Waals surface area contributed by atoms with Crippen molar-refractivity contribution in [2.24, 2.45) is 0 Å². The number of rotatable bonds is 4. The largest absolute Gasteiger partial charge is 0.456 e. The molecule has 6 heteroatoms. The Kier molecular flexibility index (Phi) is 7.82. The van der Waals surface area contributed by atoms with Gasteiger partial charge in [-0.3, -0.25) is 0 Å². The molecule has 322 valence electrons. The van der Waals surface area contributed by atoms with Crippen LogP contribution < -0.4 is 0 Å². The van der Waals surface area contributed by atoms with Crippen LogP contribution in [0.4, 0.5) is 0 Å². The molecule has 11 aromatic carbocycles. The maximum absolute atomic E-state index is 11.2. The van der Waals surface area contributed by atoms with Crippen molar-refractivity contribution in [2.45, 2.75) is 0 Å². The fraction of sp³-hybridized carbons (Fsp3) is 0. The summed E-state index contributed by atoms with van der Waals surface area (Å²) in [6.07, 6.45) is 0. The quantitative estimate of drug-likeness (QED) is 0.176. The van der Waals surface area contributed by atoms with E-state index in [0.29, 0.717) is 22.5 Å². The smallest absolute Gasteiger partial charge is 0.135 e. The van der Waals surface area contributed by atoms with Gasteiger partial charge < -0.3 is 18.0 Å². The second-order valence-corrected chi connectivity index (χ2v) is 18.2. The highest BCUT2D eigenvalue weighted by Crippen LogP contribution is 2.44. The number of benzene rings is 11. The van der Waals surface area contributed by atoms with Gasteiger partial charge >= 0.3 is 0 Å². The van der Waals surface area contributed by atoms with Crippen molar-refractivity contribution < 1.29 is 8.83 Å². The summed E-state index contributed by atoms with van der Waals surface area (Å²) >= 11 is 0. The number of hydrogen-bond donors (Lipinski definition) is 0. The highest BCUT2D eigenvalue weighted by atomic mass is 16.3. The van der Waals surface area contributed by atoms with Crippen molar-refractivity contribution in [3.8, 4) is 45.8 Å². The normalized spacial score (nSPS) is 12.0. The van der Waals surface area contributed by atoms with Gasteiger partial charge in [-0.05, 0) is 129 Å². The molecule has 15 rings (SSSR count). The molecule has 70 heavy (non-hydrogen) atoms. The Morgan fingerprint density at radius 1 is 0.300 bits per heavy atom. The van der Waals surface area contributed by atoms with Crippen LogP contribution in [0, 0.1) is 22.7 Å². The molecule has 15 aromatic rings. The average molecular weight is 891 g/mol. The van der Waals surface area contributed by atoms with Gasteiger partial charge in [0.05, 0.1) is 44.6 Å². The lowest BCUT2D eigenvalue weighted by Crippen LogP contribution is -2.04. The number of hydrogen-bond acceptors (Lipinski definition) is 4. The van der Waals surface area contributed by atoms with Crippen LogP contribution in [0.2, 0.25) is 0 Å². The van der Waals surface area contributed by atoms with Gasteiger partial charge in [0.1, 0.15) is 34.5 Å². The summed E-state index contributed by atoms with van der Waals surface area (Å²) in [5, 5.41) is 35.5. The van der Waals surface area contributed by atoms with Gasteiger partial charge in [-0.25, -0.2) is 0 Å². The van der Waals surface area contributed by atoms with Crippen LogP contribution in [0.5, 0.6) is 0 Å². The van der Waals surface area contributed by atoms with Crippen molar-refractivity contribution in [1.29, 1.82) is 10.5 Å². The zero-order chi connectivity index (χ0) is 46.2. The molecular weight excluding hydrogens is 857 g/mol. The van der Waals surface area contributed by atoms with Crippen LogP contribution in [0.25, 0.3) is 143 Å². The summed E-state index contributed by atoms with van der Waals surface area (Å²) in [5.74, 6) is 0. The molecule has 0 atom stereocenters. The van der Waals surface area contributed by atoms with Gasteiger partial charge in [-0.2, -0.15) is 10.5 Å². The van der Waals surface area contributed by atoms with Crippen LogP contribution in [0.3, 0.4) is 0 Å². The molecule has 0 aliphatic rings. The van der Waals surface area contributed by atoms with E-state index in [0.717, 1.165) is 131 Å². The SMILES string of the molecule is N#Cc1cc(-n2c3ccc(-c4ccc5oc6ccccc6c5c4)cc3c3c4ccccc4ccc32)c(C#N)cc1-n1c2ccc(-c3ccc4oc5ccccc5c4c3)cc2c2c3ccccc3ccc21. The molecule has 0 aliphatic carbocycles. The zero-order valence-electron chi connectivity index (χ0n) is 37.2. The topological polar surface area (TPSA) is 83.7 Å². The van der Waals surface area contributed by atoms with E-state index in [-0.39, 0.29) is 0 Å². The third kappa shape index (κ3) is 5.36. The summed E-state index contributed by atoms with van der Waals surface area (Å²) in [7, 11) is 0. The molecular formula is C64H34N4O2. The van der Waals surface area contributed by atoms with Gasteiger partial charge in [-0.15, -0.1) is 0 Å². The second kappa shape index (κ2) is 14.3. The minimum atomic E-state index is 0.454. The zero-order valence-corrected chi connectivity index (χ0v) is 37.2. The van der Waals surface area contributed by atoms with Crippen molar-refractivity contribution in [1.82, 2.24) is 9.13 Å². The molecule has 4 heterocycles. The van der Waals surface area contributed by atoms with Gasteiger partial charge in [0.25, 0.3) is 0 Å². The molecule has 0 amide bonds. The number of fused-ring (bicyclic) bond motifs is 16. The van der Waals surface area contributed by atoms with Gasteiger partial charge in [0.2, 0.25) is 0 Å². The molecule has 0 saturated carbocycles. The van der Waals surface area contributed by atoms with Gasteiger partial charge in [0.15, 0.2) is 0 Å². The Bertz CT molecular complexity index is 4560. The van der Waals surface area contributed by atoms with Crippen molar-refractivity contribution >= 4 is 109 Å². The maximum atomic E-state index is 11.2. The van der Waals surface area contributed by atoms with Gasteiger partial charge in [-0.1, -0.05) is 121 Å². The molecule has 0 bridgehead atoms. The molecule has 6 nitrogen and oxygen atoms in total. The maximum Gasteiger partial charge on any atom is 0.135 e. The lowest BCUT2D eigenvalue weighted by molar-refractivity contribution is 0.668. The summed E-state index contributed by atoms with van der Waals surface area (Å²) in [6, 6.07) is 76.7. The van der Waals surface area contributed by atoms with Crippen LogP contribution in [0.15, 0.2) is 215 Å². The minimum absolute atomic E-state index is 0.454. The third-order valence-corrected chi connectivity index (χ3v) is 14.6.